The molecule has 0 aliphatic carbocycles. The number of carbonyl (C=O) groups excluding carboxylic acids is 1. The van der Waals surface area contributed by atoms with E-state index in [1.807, 2.05) is 48.5 Å². The van der Waals surface area contributed by atoms with Gasteiger partial charge in [0.15, 0.2) is 6.29 Å². The summed E-state index contributed by atoms with van der Waals surface area (Å²) >= 11 is 0. The lowest BCUT2D eigenvalue weighted by Gasteiger charge is -2.43. The summed E-state index contributed by atoms with van der Waals surface area (Å²) in [7, 11) is 0. The van der Waals surface area contributed by atoms with E-state index in [4.69, 9.17) is 9.47 Å². The molecule has 9 nitrogen and oxygen atoms in total. The molecule has 5 aromatic rings. The van der Waals surface area contributed by atoms with E-state index in [1.165, 1.54) is 45.0 Å². The number of hydrogen-bond donors (Lipinski definition) is 2. The van der Waals surface area contributed by atoms with E-state index < -0.39 is 6.29 Å². The molecule has 4 aromatic carbocycles. The molecule has 0 unspecified atom stereocenters. The zero-order chi connectivity index (χ0) is 36.1. The number of para-hydroxylation sites is 2. The highest BCUT2D eigenvalue weighted by molar-refractivity contribution is 5.93. The van der Waals surface area contributed by atoms with Crippen molar-refractivity contribution < 1.29 is 19.4 Å². The van der Waals surface area contributed by atoms with E-state index in [0.29, 0.717) is 23.8 Å². The molecular formula is C44H49N5O4. The Hall–Kier alpha value is -4.51. The Morgan fingerprint density at radius 2 is 1.58 bits per heavy atom. The maximum Gasteiger partial charge on any atom is 0.271 e. The average molecular weight is 712 g/mol. The van der Waals surface area contributed by atoms with E-state index in [1.54, 1.807) is 0 Å². The van der Waals surface area contributed by atoms with Gasteiger partial charge in [0.2, 0.25) is 0 Å². The normalized spacial score (nSPS) is 23.8. The third kappa shape index (κ3) is 8.20. The van der Waals surface area contributed by atoms with E-state index in [2.05, 4.69) is 80.5 Å². The van der Waals surface area contributed by atoms with Gasteiger partial charge < -0.3 is 24.8 Å². The zero-order valence-corrected chi connectivity index (χ0v) is 30.4. The molecule has 4 heterocycles. The number of hydrogen-bond acceptors (Lipinski definition) is 8. The second-order valence-electron chi connectivity index (χ2n) is 14.9. The summed E-state index contributed by atoms with van der Waals surface area (Å²) in [6.07, 6.45) is 5.91. The number of fused-ring (bicyclic) bond motifs is 1. The predicted octanol–water partition coefficient (Wildman–Crippen LogP) is 7.07. The molecule has 3 aliphatic rings. The fourth-order valence-corrected chi connectivity index (χ4v) is 8.23. The largest absolute Gasteiger partial charge is 0.392 e. The molecule has 0 spiro atoms. The number of aliphatic hydroxyl groups is 1. The number of likely N-dealkylation sites (tertiary alicyclic amines) is 2. The fraction of sp³-hybridized carbons (Fsp3) is 0.386. The van der Waals surface area contributed by atoms with Crippen LogP contribution in [-0.4, -0.2) is 75.7 Å². The number of nitrogens with zero attached hydrogens (tertiary/aromatic N) is 4. The number of amides is 1. The highest BCUT2D eigenvalue weighted by Gasteiger charge is 2.41. The van der Waals surface area contributed by atoms with Gasteiger partial charge in [-0.1, -0.05) is 79.7 Å². The molecule has 274 valence electrons. The van der Waals surface area contributed by atoms with Crippen molar-refractivity contribution in [2.75, 3.05) is 32.7 Å². The maximum absolute atomic E-state index is 13.0. The third-order valence-electron chi connectivity index (χ3n) is 11.3. The van der Waals surface area contributed by atoms with Gasteiger partial charge in [-0.25, -0.2) is 4.98 Å². The summed E-state index contributed by atoms with van der Waals surface area (Å²) in [5, 5.41) is 12.7. The van der Waals surface area contributed by atoms with Crippen LogP contribution in [0, 0.1) is 5.92 Å². The topological polar surface area (TPSA) is 100 Å². The first-order chi connectivity index (χ1) is 26.0. The molecule has 1 aromatic heterocycles. The van der Waals surface area contributed by atoms with Crippen molar-refractivity contribution in [3.63, 3.8) is 0 Å². The van der Waals surface area contributed by atoms with Crippen LogP contribution in [0.2, 0.25) is 0 Å². The Balaban J connectivity index is 0.999. The van der Waals surface area contributed by atoms with Gasteiger partial charge in [0.05, 0.1) is 36.0 Å². The molecule has 0 radical (unpaired) electrons. The van der Waals surface area contributed by atoms with E-state index in [-0.39, 0.29) is 30.6 Å². The van der Waals surface area contributed by atoms with Gasteiger partial charge in [-0.2, -0.15) is 0 Å². The van der Waals surface area contributed by atoms with Gasteiger partial charge in [-0.3, -0.25) is 14.7 Å². The lowest BCUT2D eigenvalue weighted by molar-refractivity contribution is -0.276. The van der Waals surface area contributed by atoms with Crippen molar-refractivity contribution >= 4 is 16.9 Å². The summed E-state index contributed by atoms with van der Waals surface area (Å²) in [6.45, 7) is 8.20. The Kier molecular flexibility index (Phi) is 10.9. The highest BCUT2D eigenvalue weighted by Crippen LogP contribution is 2.43. The van der Waals surface area contributed by atoms with Gasteiger partial charge >= 0.3 is 0 Å². The molecule has 8 rings (SSSR count). The number of benzene rings is 4. The van der Waals surface area contributed by atoms with Gasteiger partial charge in [0.25, 0.3) is 5.91 Å². The van der Waals surface area contributed by atoms with Crippen molar-refractivity contribution in [3.8, 4) is 11.1 Å². The van der Waals surface area contributed by atoms with Crippen LogP contribution < -0.4 is 5.32 Å². The maximum atomic E-state index is 13.0. The standard InChI is InChI=1S/C44H49N5O4/c1-30-41(28-49-22-8-13-37(49)27-48-20-4-5-21-48)52-44(53-42(30)33-18-16-31(29-50)17-19-33)36-12-7-11-35(24-36)34-10-6-9-32(23-34)25-46-43(51)40-26-45-38-14-2-3-15-39(38)47-40/h2-3,6-7,9-12,14-19,23-24,26,30,37,41-42,44,50H,4-5,8,13,20-22,25,27-29H2,1H3,(H,46,51)/t30-,37-,41+,42+,44+/m0/s1. The first-order valence-electron chi connectivity index (χ1n) is 19.2. The molecule has 0 bridgehead atoms. The van der Waals surface area contributed by atoms with Gasteiger partial charge in [0.1, 0.15) is 5.69 Å². The van der Waals surface area contributed by atoms with Crippen LogP contribution in [0.1, 0.15) is 77.7 Å². The zero-order valence-electron chi connectivity index (χ0n) is 30.4. The van der Waals surface area contributed by atoms with Crippen LogP contribution in [0.15, 0.2) is 103 Å². The molecule has 5 atom stereocenters. The van der Waals surface area contributed by atoms with Crippen molar-refractivity contribution in [2.24, 2.45) is 5.92 Å². The number of carbonyl (C=O) groups is 1. The SMILES string of the molecule is C[C@H]1[C@@H](CN2CCC[C@H]2CN2CCCC2)O[C@@H](c2cccc(-c3cccc(CNC(=O)c4cnc5ccccc5n4)c3)c2)O[C@H]1c1ccc(CO)cc1. The summed E-state index contributed by atoms with van der Waals surface area (Å²) in [5.74, 6) is -0.127. The second-order valence-corrected chi connectivity index (χ2v) is 14.9. The quantitative estimate of drug-likeness (QED) is 0.150. The summed E-state index contributed by atoms with van der Waals surface area (Å²) in [5.41, 5.74) is 7.78. The molecule has 1 amide bonds. The monoisotopic (exact) mass is 711 g/mol. The number of rotatable bonds is 11. The second kappa shape index (κ2) is 16.2. The summed E-state index contributed by atoms with van der Waals surface area (Å²) in [4.78, 5) is 27.2. The average Bonchev–Trinajstić information content (AvgIpc) is 3.90. The molecule has 3 saturated heterocycles. The fourth-order valence-electron chi connectivity index (χ4n) is 8.23. The molecule has 2 N–H and O–H groups in total. The van der Waals surface area contributed by atoms with E-state index in [9.17, 15) is 9.90 Å². The van der Waals surface area contributed by atoms with Crippen LogP contribution in [0.4, 0.5) is 0 Å². The molecular weight excluding hydrogens is 663 g/mol. The number of nitrogens with one attached hydrogen (secondary N) is 1. The minimum atomic E-state index is -0.538. The Morgan fingerprint density at radius 1 is 0.811 bits per heavy atom. The van der Waals surface area contributed by atoms with Gasteiger partial charge in [0, 0.05) is 37.2 Å². The number of ether oxygens (including phenoxy) is 2. The minimum absolute atomic E-state index is 0.0154. The van der Waals surface area contributed by atoms with Gasteiger partial charge in [-0.15, -0.1) is 0 Å². The molecule has 3 aliphatic heterocycles. The van der Waals surface area contributed by atoms with Crippen molar-refractivity contribution in [2.45, 2.75) is 70.3 Å². The first kappa shape index (κ1) is 35.5. The Bertz CT molecular complexity index is 2020. The van der Waals surface area contributed by atoms with Gasteiger partial charge in [-0.05, 0) is 97.4 Å². The Morgan fingerprint density at radius 3 is 2.40 bits per heavy atom. The van der Waals surface area contributed by atoms with Crippen LogP contribution in [-0.2, 0) is 22.6 Å². The van der Waals surface area contributed by atoms with Crippen LogP contribution in [0.3, 0.4) is 0 Å². The van der Waals surface area contributed by atoms with Crippen LogP contribution in [0.5, 0.6) is 0 Å². The smallest absolute Gasteiger partial charge is 0.271 e. The van der Waals surface area contributed by atoms with Crippen molar-refractivity contribution in [1.29, 1.82) is 0 Å². The molecule has 0 saturated carbocycles. The first-order valence-corrected chi connectivity index (χ1v) is 19.2. The van der Waals surface area contributed by atoms with E-state index >= 15 is 0 Å². The molecule has 9 heteroatoms. The Labute approximate surface area is 312 Å². The predicted molar refractivity (Wildman–Crippen MR) is 206 cm³/mol. The van der Waals surface area contributed by atoms with E-state index in [0.717, 1.165) is 58.5 Å². The van der Waals surface area contributed by atoms with Crippen molar-refractivity contribution in [1.82, 2.24) is 25.1 Å². The molecule has 3 fully saturated rings. The highest BCUT2D eigenvalue weighted by atomic mass is 16.7. The lowest BCUT2D eigenvalue weighted by atomic mass is 9.89. The summed E-state index contributed by atoms with van der Waals surface area (Å²) in [6, 6.07) is 32.9. The summed E-state index contributed by atoms with van der Waals surface area (Å²) < 4.78 is 13.8. The van der Waals surface area contributed by atoms with Crippen LogP contribution in [0.25, 0.3) is 22.2 Å². The molecule has 53 heavy (non-hydrogen) atoms. The van der Waals surface area contributed by atoms with Crippen LogP contribution >= 0.6 is 0 Å². The minimum Gasteiger partial charge on any atom is -0.392 e. The third-order valence-corrected chi connectivity index (χ3v) is 11.3. The number of aromatic nitrogens is 2. The lowest BCUT2D eigenvalue weighted by Crippen LogP contribution is -2.48. The van der Waals surface area contributed by atoms with Crippen molar-refractivity contribution in [3.05, 3.63) is 131 Å². The number of aliphatic hydroxyl groups excluding tert-OH is 1.